The fraction of sp³-hybridized carbons (Fsp3) is 0.517. The van der Waals surface area contributed by atoms with Crippen LogP contribution in [0.25, 0.3) is 22.3 Å². The van der Waals surface area contributed by atoms with E-state index in [1.807, 2.05) is 17.0 Å². The van der Waals surface area contributed by atoms with Gasteiger partial charge < -0.3 is 38.8 Å². The summed E-state index contributed by atoms with van der Waals surface area (Å²) in [7, 11) is 2.11. The number of phenolic OH excluding ortho intramolecular Hbond substituents is 1. The van der Waals surface area contributed by atoms with Gasteiger partial charge in [0.05, 0.1) is 29.0 Å². The molecule has 3 aliphatic heterocycles. The summed E-state index contributed by atoms with van der Waals surface area (Å²) in [5, 5.41) is 23.2. The zero-order valence-corrected chi connectivity index (χ0v) is 43.5. The molecule has 2 saturated carbocycles. The van der Waals surface area contributed by atoms with Crippen molar-refractivity contribution in [2.75, 3.05) is 44.7 Å². The van der Waals surface area contributed by atoms with Crippen molar-refractivity contribution in [1.29, 1.82) is 0 Å². The quantitative estimate of drug-likeness (QED) is 0.0585. The Morgan fingerprint density at radius 2 is 1.77 bits per heavy atom. The average Bonchev–Trinajstić information content (AvgIpc) is 3.96. The molecular formula is C60H69N5O10. The molecule has 1 amide bonds. The Kier molecular flexibility index (Phi) is 13.7. The molecule has 7 aliphatic rings. The van der Waals surface area contributed by atoms with Gasteiger partial charge in [0.25, 0.3) is 5.56 Å². The number of aromatic hydroxyl groups is 1. The first-order chi connectivity index (χ1) is 36.2. The number of cyclic esters (lactones) is 1. The fourth-order valence-corrected chi connectivity index (χ4v) is 14.6. The van der Waals surface area contributed by atoms with E-state index in [0.29, 0.717) is 87.1 Å². The molecule has 4 aliphatic carbocycles. The molecule has 0 spiro atoms. The van der Waals surface area contributed by atoms with Crippen LogP contribution in [-0.4, -0.2) is 105 Å². The molecule has 3 fully saturated rings. The van der Waals surface area contributed by atoms with E-state index >= 15 is 0 Å². The number of esters is 2. The summed E-state index contributed by atoms with van der Waals surface area (Å²) < 4.78 is 12.9. The third-order valence-electron chi connectivity index (χ3n) is 18.4. The fourth-order valence-electron chi connectivity index (χ4n) is 14.6. The molecular weight excluding hydrogens is 951 g/mol. The van der Waals surface area contributed by atoms with Gasteiger partial charge in [-0.25, -0.2) is 9.78 Å². The van der Waals surface area contributed by atoms with E-state index < -0.39 is 11.6 Å². The Morgan fingerprint density at radius 3 is 2.53 bits per heavy atom. The number of rotatable bonds is 15. The largest absolute Gasteiger partial charge is 0.508 e. The van der Waals surface area contributed by atoms with Gasteiger partial charge >= 0.3 is 11.9 Å². The van der Waals surface area contributed by atoms with Crippen LogP contribution in [0.5, 0.6) is 5.75 Å². The lowest BCUT2D eigenvalue weighted by Crippen LogP contribution is -2.48. The number of ether oxygens (including phenoxy) is 2. The number of aliphatic hydroxyl groups is 1. The number of anilines is 1. The van der Waals surface area contributed by atoms with Crippen LogP contribution in [0.15, 0.2) is 76.1 Å². The first kappa shape index (κ1) is 50.7. The summed E-state index contributed by atoms with van der Waals surface area (Å²) >= 11 is 0. The van der Waals surface area contributed by atoms with E-state index in [4.69, 9.17) is 14.5 Å². The van der Waals surface area contributed by atoms with Crippen molar-refractivity contribution in [1.82, 2.24) is 19.4 Å². The van der Waals surface area contributed by atoms with Gasteiger partial charge in [0.15, 0.2) is 11.4 Å². The maximum atomic E-state index is 13.7. The minimum atomic E-state index is -1.91. The number of carbonyl (C=O) groups is 5. The van der Waals surface area contributed by atoms with Gasteiger partial charge in [-0.2, -0.15) is 0 Å². The molecule has 15 heteroatoms. The van der Waals surface area contributed by atoms with Gasteiger partial charge in [-0.1, -0.05) is 31.1 Å². The van der Waals surface area contributed by atoms with Crippen LogP contribution < -0.4 is 10.5 Å². The Hall–Kier alpha value is -6.45. The van der Waals surface area contributed by atoms with E-state index in [1.54, 1.807) is 29.7 Å². The number of benzene rings is 2. The van der Waals surface area contributed by atoms with E-state index in [1.165, 1.54) is 29.2 Å². The second-order valence-electron chi connectivity index (χ2n) is 22.4. The van der Waals surface area contributed by atoms with Crippen molar-refractivity contribution in [3.8, 4) is 17.1 Å². The van der Waals surface area contributed by atoms with Crippen molar-refractivity contribution >= 4 is 46.5 Å². The topological polar surface area (TPSA) is 189 Å². The highest BCUT2D eigenvalue weighted by Gasteiger charge is 2.60. The van der Waals surface area contributed by atoms with Crippen molar-refractivity contribution < 1.29 is 43.7 Å². The normalized spacial score (nSPS) is 25.9. The molecule has 0 radical (unpaired) electrons. The third kappa shape index (κ3) is 9.00. The number of allylic oxidation sites excluding steroid dienone is 4. The molecule has 1 saturated heterocycles. The first-order valence-electron chi connectivity index (χ1n) is 27.4. The van der Waals surface area contributed by atoms with Crippen LogP contribution in [0.3, 0.4) is 0 Å². The number of phenols is 1. The minimum Gasteiger partial charge on any atom is -0.508 e. The molecule has 2 aromatic heterocycles. The number of carbonyl (C=O) groups excluding carboxylic acids is 5. The minimum absolute atomic E-state index is 0.0637. The molecule has 11 rings (SSSR count). The summed E-state index contributed by atoms with van der Waals surface area (Å²) in [5.41, 5.74) is 7.79. The molecule has 394 valence electrons. The summed E-state index contributed by atoms with van der Waals surface area (Å²) in [6.45, 7) is 7.08. The second kappa shape index (κ2) is 20.2. The molecule has 2 aromatic carbocycles. The van der Waals surface area contributed by atoms with Gasteiger partial charge in [-0.3, -0.25) is 24.1 Å². The highest BCUT2D eigenvalue weighted by Crippen LogP contribution is 2.66. The Bertz CT molecular complexity index is 3110. The number of amides is 1. The number of nitrogens with zero attached hydrogens (tertiary/aromatic N) is 5. The van der Waals surface area contributed by atoms with Gasteiger partial charge in [-0.15, -0.1) is 0 Å². The number of aromatic nitrogens is 2. The van der Waals surface area contributed by atoms with Gasteiger partial charge in [0.2, 0.25) is 5.91 Å². The molecule has 75 heavy (non-hydrogen) atoms. The standard InChI is InChI=1S/C60H69N5O10/c1-4-60(73)49-31-51-56-39(33-65(51)57(71)47(49)35-74-58(60)72)30-44-46(52(69)20-19-50(44)61-56)34-63-24-26-64(27-25-63)54(70)9-6-5-7-23-62(3)40-13-10-37(11-14-40)45-32-59(22-8-28-66)48(18-21-53(59)75-36(2)67)43-16-12-38-29-41(68)15-17-42(38)55(43)45/h10-11,13-14,19-20,28-31,43,45,48,53,69,73H,4-9,12,15-18,21-27,32-35H2,1-3H3/t43-,45+,48-,53+,59-,60-/m0/s1. The lowest BCUT2D eigenvalue weighted by molar-refractivity contribution is -0.172. The maximum Gasteiger partial charge on any atom is 0.343 e. The van der Waals surface area contributed by atoms with Crippen LogP contribution in [0.1, 0.15) is 137 Å². The second-order valence-corrected chi connectivity index (χ2v) is 22.4. The molecule has 6 atom stereocenters. The Labute approximate surface area is 437 Å². The van der Waals surface area contributed by atoms with Crippen LogP contribution in [0, 0.1) is 17.3 Å². The zero-order chi connectivity index (χ0) is 52.3. The van der Waals surface area contributed by atoms with Crippen molar-refractivity contribution in [2.45, 2.75) is 141 Å². The Balaban J connectivity index is 0.687. The molecule has 0 bridgehead atoms. The van der Waals surface area contributed by atoms with Crippen molar-refractivity contribution in [3.05, 3.63) is 109 Å². The monoisotopic (exact) mass is 1020 g/mol. The van der Waals surface area contributed by atoms with Crippen LogP contribution >= 0.6 is 0 Å². The lowest BCUT2D eigenvalue weighted by atomic mass is 9.51. The molecule has 5 heterocycles. The van der Waals surface area contributed by atoms with Crippen LogP contribution in [0.4, 0.5) is 5.69 Å². The number of pyridine rings is 2. The number of hydrogen-bond donors (Lipinski definition) is 2. The average molecular weight is 1020 g/mol. The van der Waals surface area contributed by atoms with E-state index in [-0.39, 0.29) is 77.1 Å². The summed E-state index contributed by atoms with van der Waals surface area (Å²) in [4.78, 5) is 88.2. The van der Waals surface area contributed by atoms with E-state index in [0.717, 1.165) is 92.8 Å². The SMILES string of the molecule is CC[C@@]1(O)C(=O)OCc2c1cc1n(c2=O)Cc2cc3c(CN4CCN(C(=O)CCCCCN(C)c5ccc([C@H]6C[C@]7(CCC=O)[C@H](OC(C)=O)CC[C@H]7[C@@H]7CCC8=CC(=O)CCC8=C76)cc5)CC4)c(O)ccc3nc2-1. The van der Waals surface area contributed by atoms with Gasteiger partial charge in [0, 0.05) is 112 Å². The smallest absolute Gasteiger partial charge is 0.343 e. The van der Waals surface area contributed by atoms with Gasteiger partial charge in [-0.05, 0) is 135 Å². The summed E-state index contributed by atoms with van der Waals surface area (Å²) in [6.07, 6.45) is 12.9. The molecule has 2 N–H and O–H groups in total. The predicted molar refractivity (Wildman–Crippen MR) is 282 cm³/mol. The van der Waals surface area contributed by atoms with Crippen molar-refractivity contribution in [3.63, 3.8) is 0 Å². The Morgan fingerprint density at radius 1 is 0.973 bits per heavy atom. The van der Waals surface area contributed by atoms with E-state index in [9.17, 15) is 39.0 Å². The maximum absolute atomic E-state index is 13.7. The van der Waals surface area contributed by atoms with Crippen LogP contribution in [-0.2, 0) is 58.7 Å². The predicted octanol–water partition coefficient (Wildman–Crippen LogP) is 7.92. The number of fused-ring (bicyclic) bond motifs is 9. The number of ketones is 1. The lowest BCUT2D eigenvalue weighted by Gasteiger charge is -2.53. The number of unbranched alkanes of at least 4 members (excludes halogenated alkanes) is 2. The molecule has 0 unspecified atom stereocenters. The van der Waals surface area contributed by atoms with E-state index in [2.05, 4.69) is 41.1 Å². The summed E-state index contributed by atoms with van der Waals surface area (Å²) in [5.74, 6) is 0.276. The van der Waals surface area contributed by atoms with Crippen LogP contribution in [0.2, 0.25) is 0 Å². The number of hydrogen-bond acceptors (Lipinski definition) is 13. The number of aldehydes is 1. The number of piperazine rings is 1. The third-order valence-corrected chi connectivity index (χ3v) is 18.4. The molecule has 15 nitrogen and oxygen atoms in total. The van der Waals surface area contributed by atoms with Crippen molar-refractivity contribution in [2.24, 2.45) is 17.3 Å². The molecule has 4 aromatic rings. The highest BCUT2D eigenvalue weighted by atomic mass is 16.6. The zero-order valence-electron chi connectivity index (χ0n) is 43.5. The van der Waals surface area contributed by atoms with Gasteiger partial charge in [0.1, 0.15) is 24.7 Å². The summed E-state index contributed by atoms with van der Waals surface area (Å²) in [6, 6.07) is 16.0. The first-order valence-corrected chi connectivity index (χ1v) is 27.4. The highest BCUT2D eigenvalue weighted by molar-refractivity contribution is 5.93.